The molecular weight excluding hydrogens is 236 g/mol. The number of nitrogens with zero attached hydrogens (tertiary/aromatic N) is 1. The van der Waals surface area contributed by atoms with Crippen molar-refractivity contribution in [1.29, 1.82) is 0 Å². The fourth-order valence-corrected chi connectivity index (χ4v) is 2.33. The molecule has 2 rings (SSSR count). The van der Waals surface area contributed by atoms with Crippen molar-refractivity contribution in [3.05, 3.63) is 23.2 Å². The summed E-state index contributed by atoms with van der Waals surface area (Å²) < 4.78 is 5.18. The Morgan fingerprint density at radius 1 is 1.35 bits per heavy atom. The summed E-state index contributed by atoms with van der Waals surface area (Å²) in [4.78, 5) is 2.49. The average Bonchev–Trinajstić information content (AvgIpc) is 2.84. The molecule has 17 heavy (non-hydrogen) atoms. The quantitative estimate of drug-likeness (QED) is 0.875. The monoisotopic (exact) mass is 254 g/mol. The van der Waals surface area contributed by atoms with E-state index in [0.717, 1.165) is 24.5 Å². The normalized spacial score (nSPS) is 16.1. The van der Waals surface area contributed by atoms with Crippen molar-refractivity contribution < 1.29 is 4.74 Å². The number of methoxy groups -OCH3 is 1. The number of rotatable bonds is 5. The Morgan fingerprint density at radius 3 is 2.82 bits per heavy atom. The lowest BCUT2D eigenvalue weighted by Gasteiger charge is -2.15. The molecule has 94 valence electrons. The van der Waals surface area contributed by atoms with E-state index in [2.05, 4.69) is 10.2 Å². The number of halogens is 1. The smallest absolute Gasteiger partial charge is 0.139 e. The molecule has 0 saturated carbocycles. The Bertz CT molecular complexity index is 364. The van der Waals surface area contributed by atoms with E-state index in [1.165, 1.54) is 25.9 Å². The highest BCUT2D eigenvalue weighted by atomic mass is 35.5. The van der Waals surface area contributed by atoms with Gasteiger partial charge in [-0.15, -0.1) is 0 Å². The van der Waals surface area contributed by atoms with Crippen molar-refractivity contribution in [2.75, 3.05) is 38.6 Å². The van der Waals surface area contributed by atoms with Crippen LogP contribution in [0.2, 0.25) is 5.02 Å². The van der Waals surface area contributed by atoms with Crippen LogP contribution < -0.4 is 10.1 Å². The molecule has 1 saturated heterocycles. The average molecular weight is 255 g/mol. The zero-order valence-electron chi connectivity index (χ0n) is 10.2. The zero-order valence-corrected chi connectivity index (χ0v) is 11.0. The van der Waals surface area contributed by atoms with Crippen LogP contribution >= 0.6 is 11.6 Å². The Kier molecular flexibility index (Phi) is 4.51. The van der Waals surface area contributed by atoms with E-state index >= 15 is 0 Å². The molecule has 3 nitrogen and oxygen atoms in total. The molecule has 0 spiro atoms. The van der Waals surface area contributed by atoms with Gasteiger partial charge in [0.2, 0.25) is 0 Å². The minimum absolute atomic E-state index is 0.651. The van der Waals surface area contributed by atoms with Crippen molar-refractivity contribution in [3.8, 4) is 5.75 Å². The maximum absolute atomic E-state index is 5.97. The Labute approximate surface area is 108 Å². The Hall–Kier alpha value is -0.930. The van der Waals surface area contributed by atoms with Crippen LogP contribution in [0.4, 0.5) is 5.69 Å². The molecule has 1 fully saturated rings. The van der Waals surface area contributed by atoms with Gasteiger partial charge in [0.05, 0.1) is 12.1 Å². The Balaban J connectivity index is 1.81. The summed E-state index contributed by atoms with van der Waals surface area (Å²) in [5.74, 6) is 0.720. The molecule has 4 heteroatoms. The lowest BCUT2D eigenvalue weighted by molar-refractivity contribution is 0.352. The van der Waals surface area contributed by atoms with Crippen molar-refractivity contribution in [2.24, 2.45) is 0 Å². The van der Waals surface area contributed by atoms with Gasteiger partial charge in [0.15, 0.2) is 0 Å². The highest BCUT2D eigenvalue weighted by Gasteiger charge is 2.10. The van der Waals surface area contributed by atoms with E-state index in [1.54, 1.807) is 7.11 Å². The van der Waals surface area contributed by atoms with E-state index in [0.29, 0.717) is 5.02 Å². The van der Waals surface area contributed by atoms with Crippen LogP contribution in [0.15, 0.2) is 18.2 Å². The van der Waals surface area contributed by atoms with Crippen LogP contribution in [-0.4, -0.2) is 38.2 Å². The molecule has 0 amide bonds. The highest BCUT2D eigenvalue weighted by Crippen LogP contribution is 2.27. The van der Waals surface area contributed by atoms with Gasteiger partial charge in [0, 0.05) is 24.8 Å². The van der Waals surface area contributed by atoms with Gasteiger partial charge in [0.25, 0.3) is 0 Å². The first-order valence-electron chi connectivity index (χ1n) is 6.09. The highest BCUT2D eigenvalue weighted by molar-refractivity contribution is 6.32. The summed E-state index contributed by atoms with van der Waals surface area (Å²) in [5, 5.41) is 4.04. The predicted molar refractivity (Wildman–Crippen MR) is 72.2 cm³/mol. The third kappa shape index (κ3) is 3.51. The van der Waals surface area contributed by atoms with Gasteiger partial charge in [0.1, 0.15) is 5.75 Å². The minimum atomic E-state index is 0.651. The van der Waals surface area contributed by atoms with Crippen LogP contribution in [0.3, 0.4) is 0 Å². The second-order valence-electron chi connectivity index (χ2n) is 4.32. The molecule has 1 aliphatic rings. The van der Waals surface area contributed by atoms with Crippen LogP contribution in [0, 0.1) is 0 Å². The van der Waals surface area contributed by atoms with E-state index in [-0.39, 0.29) is 0 Å². The molecule has 0 atom stereocenters. The van der Waals surface area contributed by atoms with Crippen molar-refractivity contribution in [3.63, 3.8) is 0 Å². The van der Waals surface area contributed by atoms with Gasteiger partial charge >= 0.3 is 0 Å². The van der Waals surface area contributed by atoms with Gasteiger partial charge in [-0.05, 0) is 38.1 Å². The lowest BCUT2D eigenvalue weighted by Crippen LogP contribution is -2.25. The van der Waals surface area contributed by atoms with Gasteiger partial charge < -0.3 is 15.0 Å². The minimum Gasteiger partial charge on any atom is -0.495 e. The standard InChI is InChI=1S/C13H19ClN2O/c1-17-13-10-11(4-5-12(13)14)15-6-9-16-7-2-3-8-16/h4-5,10,15H,2-3,6-9H2,1H3. The zero-order chi connectivity index (χ0) is 12.1. The van der Waals surface area contributed by atoms with E-state index in [9.17, 15) is 0 Å². The summed E-state index contributed by atoms with van der Waals surface area (Å²) >= 11 is 5.97. The van der Waals surface area contributed by atoms with Crippen LogP contribution in [0.1, 0.15) is 12.8 Å². The predicted octanol–water partition coefficient (Wildman–Crippen LogP) is 2.86. The third-order valence-corrected chi connectivity index (χ3v) is 3.42. The first kappa shape index (κ1) is 12.5. The molecule has 1 aromatic rings. The molecule has 0 aliphatic carbocycles. The lowest BCUT2D eigenvalue weighted by atomic mass is 10.3. The third-order valence-electron chi connectivity index (χ3n) is 3.11. The van der Waals surface area contributed by atoms with E-state index < -0.39 is 0 Å². The van der Waals surface area contributed by atoms with Gasteiger partial charge in [-0.3, -0.25) is 0 Å². The summed E-state index contributed by atoms with van der Waals surface area (Å²) in [6.07, 6.45) is 2.68. The second kappa shape index (κ2) is 6.12. The first-order valence-corrected chi connectivity index (χ1v) is 6.47. The molecule has 0 bridgehead atoms. The maximum Gasteiger partial charge on any atom is 0.139 e. The van der Waals surface area contributed by atoms with Crippen LogP contribution in [0.5, 0.6) is 5.75 Å². The van der Waals surface area contributed by atoms with Crippen molar-refractivity contribution in [2.45, 2.75) is 12.8 Å². The molecule has 1 aliphatic heterocycles. The number of hydrogen-bond donors (Lipinski definition) is 1. The van der Waals surface area contributed by atoms with Gasteiger partial charge in [-0.1, -0.05) is 11.6 Å². The van der Waals surface area contributed by atoms with Gasteiger partial charge in [-0.2, -0.15) is 0 Å². The maximum atomic E-state index is 5.97. The van der Waals surface area contributed by atoms with E-state index in [1.807, 2.05) is 18.2 Å². The molecule has 1 heterocycles. The second-order valence-corrected chi connectivity index (χ2v) is 4.73. The molecular formula is C13H19ClN2O. The van der Waals surface area contributed by atoms with Crippen LogP contribution in [0.25, 0.3) is 0 Å². The summed E-state index contributed by atoms with van der Waals surface area (Å²) in [6.45, 7) is 4.55. The summed E-state index contributed by atoms with van der Waals surface area (Å²) in [5.41, 5.74) is 1.06. The SMILES string of the molecule is COc1cc(NCCN2CCCC2)ccc1Cl. The Morgan fingerprint density at radius 2 is 2.12 bits per heavy atom. The number of ether oxygens (including phenoxy) is 1. The molecule has 1 aromatic carbocycles. The first-order chi connectivity index (χ1) is 8.29. The van der Waals surface area contributed by atoms with Crippen molar-refractivity contribution in [1.82, 2.24) is 4.90 Å². The fraction of sp³-hybridized carbons (Fsp3) is 0.538. The topological polar surface area (TPSA) is 24.5 Å². The molecule has 0 radical (unpaired) electrons. The number of likely N-dealkylation sites (tertiary alicyclic amines) is 1. The fourth-order valence-electron chi connectivity index (χ4n) is 2.13. The van der Waals surface area contributed by atoms with Gasteiger partial charge in [-0.25, -0.2) is 0 Å². The number of anilines is 1. The molecule has 1 N–H and O–H groups in total. The number of benzene rings is 1. The number of hydrogen-bond acceptors (Lipinski definition) is 3. The largest absolute Gasteiger partial charge is 0.495 e. The summed E-state index contributed by atoms with van der Waals surface area (Å²) in [6, 6.07) is 5.78. The number of nitrogens with one attached hydrogen (secondary N) is 1. The molecule has 0 aromatic heterocycles. The van der Waals surface area contributed by atoms with Crippen molar-refractivity contribution >= 4 is 17.3 Å². The van der Waals surface area contributed by atoms with E-state index in [4.69, 9.17) is 16.3 Å². The molecule has 0 unspecified atom stereocenters. The summed E-state index contributed by atoms with van der Waals surface area (Å²) in [7, 11) is 1.63. The van der Waals surface area contributed by atoms with Crippen LogP contribution in [-0.2, 0) is 0 Å².